The van der Waals surface area contributed by atoms with Gasteiger partial charge in [-0.05, 0) is 75.3 Å². The first kappa shape index (κ1) is 26.3. The number of carbonyl (C=O) groups excluding carboxylic acids is 1. The number of aliphatic imine (C=N–C) groups is 1. The molecule has 7 nitrogen and oxygen atoms in total. The van der Waals surface area contributed by atoms with Gasteiger partial charge >= 0.3 is 0 Å². The van der Waals surface area contributed by atoms with Crippen LogP contribution < -0.4 is 9.64 Å². The normalized spacial score (nSPS) is 20.1. The van der Waals surface area contributed by atoms with E-state index in [-0.39, 0.29) is 5.91 Å². The van der Waals surface area contributed by atoms with Crippen molar-refractivity contribution in [2.24, 2.45) is 4.99 Å². The molecule has 0 saturated carbocycles. The Hall–Kier alpha value is -3.79. The molecule has 0 bridgehead atoms. The average Bonchev–Trinajstić information content (AvgIpc) is 3.31. The Morgan fingerprint density at radius 3 is 2.73 bits per heavy atom. The zero-order chi connectivity index (χ0) is 26.2. The Balaban J connectivity index is 1.65. The number of nitriles is 1. The molecule has 2 aliphatic rings. The lowest BCUT2D eigenvalue weighted by molar-refractivity contribution is -0.117. The van der Waals surface area contributed by atoms with Crippen LogP contribution in [0.1, 0.15) is 88.6 Å². The van der Waals surface area contributed by atoms with E-state index in [9.17, 15) is 10.1 Å². The van der Waals surface area contributed by atoms with E-state index in [2.05, 4.69) is 36.0 Å². The number of anilines is 1. The van der Waals surface area contributed by atoms with Crippen LogP contribution >= 0.6 is 0 Å². The van der Waals surface area contributed by atoms with Gasteiger partial charge in [0.1, 0.15) is 17.4 Å². The molecule has 1 amide bonds. The molecular weight excluding hydrogens is 462 g/mol. The standard InChI is InChI=1S/C30H35N5O2/c1-4-5-6-7-11-23-12-8-10-21(2)30(32-20-23)25-15-14-24(19-31)17-26(25)37-28-18-27(33-22(3)34-28)35-16-9-13-29(35)36/h12,14-15,17-18,20H,4-11,13,16H2,1-3H3/b23-12-,30-21+,32-20-. The number of nitrogens with zero attached hydrogens (tertiary/aromatic N) is 5. The molecule has 7 heteroatoms. The fraction of sp³-hybridized carbons (Fsp3) is 0.433. The van der Waals surface area contributed by atoms with Crippen molar-refractivity contribution < 1.29 is 9.53 Å². The summed E-state index contributed by atoms with van der Waals surface area (Å²) in [6.07, 6.45) is 13.4. The maximum Gasteiger partial charge on any atom is 0.228 e. The van der Waals surface area contributed by atoms with Crippen molar-refractivity contribution in [3.63, 3.8) is 0 Å². The van der Waals surface area contributed by atoms with Crippen LogP contribution in [0, 0.1) is 18.3 Å². The van der Waals surface area contributed by atoms with Crippen LogP contribution in [0.15, 0.2) is 46.5 Å². The molecular formula is C30H35N5O2. The zero-order valence-electron chi connectivity index (χ0n) is 22.1. The number of hydrogen-bond acceptors (Lipinski definition) is 6. The lowest BCUT2D eigenvalue weighted by Gasteiger charge is -2.18. The van der Waals surface area contributed by atoms with Crippen LogP contribution in [0.2, 0.25) is 0 Å². The predicted molar refractivity (Wildman–Crippen MR) is 147 cm³/mol. The van der Waals surface area contributed by atoms with E-state index in [0.29, 0.717) is 41.8 Å². The largest absolute Gasteiger partial charge is 0.438 e. The zero-order valence-corrected chi connectivity index (χ0v) is 22.1. The van der Waals surface area contributed by atoms with Crippen LogP contribution in [0.25, 0.3) is 5.70 Å². The highest BCUT2D eigenvalue weighted by Crippen LogP contribution is 2.36. The summed E-state index contributed by atoms with van der Waals surface area (Å²) in [5, 5.41) is 9.56. The quantitative estimate of drug-likeness (QED) is 0.346. The monoisotopic (exact) mass is 497 g/mol. The highest BCUT2D eigenvalue weighted by Gasteiger charge is 2.24. The first-order chi connectivity index (χ1) is 18.0. The third-order valence-corrected chi connectivity index (χ3v) is 6.74. The molecule has 0 aliphatic carbocycles. The van der Waals surface area contributed by atoms with E-state index >= 15 is 0 Å². The van der Waals surface area contributed by atoms with Crippen molar-refractivity contribution in [1.82, 2.24) is 9.97 Å². The van der Waals surface area contributed by atoms with E-state index < -0.39 is 0 Å². The summed E-state index contributed by atoms with van der Waals surface area (Å²) in [5.41, 5.74) is 4.59. The first-order valence-corrected chi connectivity index (χ1v) is 13.3. The summed E-state index contributed by atoms with van der Waals surface area (Å²) in [4.78, 5) is 27.8. The van der Waals surface area contributed by atoms with Gasteiger partial charge in [0.15, 0.2) is 0 Å². The highest BCUT2D eigenvalue weighted by atomic mass is 16.5. The predicted octanol–water partition coefficient (Wildman–Crippen LogP) is 7.07. The van der Waals surface area contributed by atoms with Crippen LogP contribution in [0.5, 0.6) is 11.6 Å². The van der Waals surface area contributed by atoms with Crippen molar-refractivity contribution >= 4 is 23.6 Å². The van der Waals surface area contributed by atoms with E-state index in [1.807, 2.05) is 12.3 Å². The van der Waals surface area contributed by atoms with Crippen molar-refractivity contribution in [2.75, 3.05) is 11.4 Å². The third-order valence-electron chi connectivity index (χ3n) is 6.74. The summed E-state index contributed by atoms with van der Waals surface area (Å²) in [6, 6.07) is 9.31. The third kappa shape index (κ3) is 6.71. The second-order valence-corrected chi connectivity index (χ2v) is 9.70. The SMILES string of the molecule is CCCCCCC1=C/CC/C(C)=C(c2ccc(C#N)cc2Oc2cc(N3CCCC3=O)nc(C)n2)/N=C\1. The molecule has 0 N–H and O–H groups in total. The number of aromatic nitrogens is 2. The van der Waals surface area contributed by atoms with Crippen LogP contribution in [0.3, 0.4) is 0 Å². The molecule has 2 aliphatic heterocycles. The van der Waals surface area contributed by atoms with E-state index in [4.69, 9.17) is 9.73 Å². The maximum atomic E-state index is 12.3. The Morgan fingerprint density at radius 2 is 1.97 bits per heavy atom. The lowest BCUT2D eigenvalue weighted by atomic mass is 9.98. The number of hydrogen-bond donors (Lipinski definition) is 0. The molecule has 1 aromatic heterocycles. The molecule has 192 valence electrons. The Bertz CT molecular complexity index is 1290. The number of unbranched alkanes of at least 4 members (excludes halogenated alkanes) is 3. The fourth-order valence-electron chi connectivity index (χ4n) is 4.72. The van der Waals surface area contributed by atoms with Gasteiger partial charge < -0.3 is 4.74 Å². The molecule has 1 aromatic carbocycles. The lowest BCUT2D eigenvalue weighted by Crippen LogP contribution is -2.25. The second-order valence-electron chi connectivity index (χ2n) is 9.70. The van der Waals surface area contributed by atoms with Crippen molar-refractivity contribution in [1.29, 1.82) is 5.26 Å². The Morgan fingerprint density at radius 1 is 1.11 bits per heavy atom. The molecule has 0 radical (unpaired) electrons. The van der Waals surface area contributed by atoms with Gasteiger partial charge in [-0.3, -0.25) is 14.7 Å². The molecule has 4 rings (SSSR count). The average molecular weight is 498 g/mol. The summed E-state index contributed by atoms with van der Waals surface area (Å²) in [7, 11) is 0. The summed E-state index contributed by atoms with van der Waals surface area (Å²) >= 11 is 0. The summed E-state index contributed by atoms with van der Waals surface area (Å²) in [6.45, 7) is 6.74. The first-order valence-electron chi connectivity index (χ1n) is 13.3. The number of rotatable bonds is 9. The van der Waals surface area contributed by atoms with Gasteiger partial charge in [-0.2, -0.15) is 10.2 Å². The number of aryl methyl sites for hydroxylation is 1. The van der Waals surface area contributed by atoms with Gasteiger partial charge in [-0.15, -0.1) is 0 Å². The van der Waals surface area contributed by atoms with Crippen molar-refractivity contribution in [2.45, 2.75) is 78.6 Å². The number of carbonyl (C=O) groups is 1. The number of benzene rings is 1. The molecule has 0 spiro atoms. The van der Waals surface area contributed by atoms with Gasteiger partial charge in [0.25, 0.3) is 0 Å². The minimum absolute atomic E-state index is 0.0550. The molecule has 3 heterocycles. The van der Waals surface area contributed by atoms with E-state index in [1.165, 1.54) is 31.3 Å². The second kappa shape index (κ2) is 12.4. The molecule has 2 aromatic rings. The highest BCUT2D eigenvalue weighted by molar-refractivity contribution is 5.94. The molecule has 1 fully saturated rings. The van der Waals surface area contributed by atoms with E-state index in [0.717, 1.165) is 42.5 Å². The smallest absolute Gasteiger partial charge is 0.228 e. The Kier molecular flexibility index (Phi) is 8.84. The summed E-state index contributed by atoms with van der Waals surface area (Å²) < 4.78 is 6.30. The molecule has 0 unspecified atom stereocenters. The van der Waals surface area contributed by atoms with E-state index in [1.54, 1.807) is 30.0 Å². The topological polar surface area (TPSA) is 91.5 Å². The Labute approximate surface area is 219 Å². The van der Waals surface area contributed by atoms with Gasteiger partial charge in [0, 0.05) is 30.8 Å². The van der Waals surface area contributed by atoms with Gasteiger partial charge in [-0.25, -0.2) is 4.98 Å². The van der Waals surface area contributed by atoms with Gasteiger partial charge in [-0.1, -0.05) is 32.3 Å². The van der Waals surface area contributed by atoms with Crippen LogP contribution in [-0.4, -0.2) is 28.6 Å². The molecule has 1 saturated heterocycles. The van der Waals surface area contributed by atoms with Crippen LogP contribution in [-0.2, 0) is 4.79 Å². The minimum Gasteiger partial charge on any atom is -0.438 e. The molecule has 0 atom stereocenters. The van der Waals surface area contributed by atoms with Gasteiger partial charge in [0.2, 0.25) is 11.8 Å². The van der Waals surface area contributed by atoms with Crippen LogP contribution in [0.4, 0.5) is 5.82 Å². The number of amides is 1. The van der Waals surface area contributed by atoms with Gasteiger partial charge in [0.05, 0.1) is 17.3 Å². The molecule has 37 heavy (non-hydrogen) atoms. The summed E-state index contributed by atoms with van der Waals surface area (Å²) in [5.74, 6) is 1.96. The minimum atomic E-state index is 0.0550. The number of allylic oxidation sites excluding steroid dienone is 3. The number of ether oxygens (including phenoxy) is 1. The maximum absolute atomic E-state index is 12.3. The fourth-order valence-corrected chi connectivity index (χ4v) is 4.72. The van der Waals surface area contributed by atoms with Crippen molar-refractivity contribution in [3.8, 4) is 17.7 Å². The van der Waals surface area contributed by atoms with Crippen molar-refractivity contribution in [3.05, 3.63) is 58.4 Å².